The lowest BCUT2D eigenvalue weighted by Crippen LogP contribution is -2.03. The summed E-state index contributed by atoms with van der Waals surface area (Å²) in [6.07, 6.45) is 0. The Morgan fingerprint density at radius 3 is 2.60 bits per heavy atom. The summed E-state index contributed by atoms with van der Waals surface area (Å²) in [5, 5.41) is 21.3. The van der Waals surface area contributed by atoms with Crippen molar-refractivity contribution in [2.24, 2.45) is 0 Å². The van der Waals surface area contributed by atoms with Crippen LogP contribution in [0.25, 0.3) is 0 Å². The number of nitriles is 1. The van der Waals surface area contributed by atoms with E-state index in [2.05, 4.69) is 5.32 Å². The molecular weight excluding hydrogens is 276 g/mol. The Balaban J connectivity index is 2.42. The third-order valence-corrected chi connectivity index (χ3v) is 3.09. The maximum absolute atomic E-state index is 11.2. The van der Waals surface area contributed by atoms with Crippen LogP contribution in [0.2, 0.25) is 5.02 Å². The Bertz CT molecular complexity index is 720. The minimum atomic E-state index is -1.02. The predicted octanol–water partition coefficient (Wildman–Crippen LogP) is 3.96. The molecule has 0 unspecified atom stereocenters. The highest BCUT2D eigenvalue weighted by Gasteiger charge is 2.11. The molecule has 0 radical (unpaired) electrons. The zero-order valence-electron chi connectivity index (χ0n) is 10.6. The molecule has 4 nitrogen and oxygen atoms in total. The van der Waals surface area contributed by atoms with Gasteiger partial charge >= 0.3 is 5.97 Å². The number of halogens is 1. The number of carboxylic acid groups (broad SMARTS) is 1. The van der Waals surface area contributed by atoms with Crippen molar-refractivity contribution in [1.29, 1.82) is 5.26 Å². The van der Waals surface area contributed by atoms with Crippen LogP contribution in [-0.2, 0) is 0 Å². The maximum atomic E-state index is 11.2. The van der Waals surface area contributed by atoms with E-state index in [9.17, 15) is 4.79 Å². The van der Waals surface area contributed by atoms with Crippen molar-refractivity contribution in [3.63, 3.8) is 0 Å². The summed E-state index contributed by atoms with van der Waals surface area (Å²) < 4.78 is 0. The van der Waals surface area contributed by atoms with E-state index in [1.807, 2.05) is 13.0 Å². The second-order valence-corrected chi connectivity index (χ2v) is 4.69. The number of nitrogens with one attached hydrogen (secondary N) is 1. The van der Waals surface area contributed by atoms with Gasteiger partial charge < -0.3 is 10.4 Å². The van der Waals surface area contributed by atoms with Crippen molar-refractivity contribution in [2.45, 2.75) is 6.92 Å². The number of nitrogens with zero attached hydrogens (tertiary/aromatic N) is 1. The fraction of sp³-hybridized carbons (Fsp3) is 0.0667. The first-order valence-corrected chi connectivity index (χ1v) is 6.19. The molecule has 0 saturated heterocycles. The number of rotatable bonds is 3. The quantitative estimate of drug-likeness (QED) is 0.895. The Kier molecular flexibility index (Phi) is 3.92. The molecule has 0 aromatic heterocycles. The minimum absolute atomic E-state index is 0.163. The number of anilines is 2. The van der Waals surface area contributed by atoms with Crippen molar-refractivity contribution >= 4 is 28.9 Å². The van der Waals surface area contributed by atoms with Gasteiger partial charge in [0.2, 0.25) is 0 Å². The van der Waals surface area contributed by atoms with Crippen LogP contribution in [0, 0.1) is 18.3 Å². The summed E-state index contributed by atoms with van der Waals surface area (Å²) in [4.78, 5) is 11.2. The lowest BCUT2D eigenvalue weighted by atomic mass is 10.1. The van der Waals surface area contributed by atoms with Gasteiger partial charge in [0.1, 0.15) is 0 Å². The van der Waals surface area contributed by atoms with Crippen LogP contribution in [0.3, 0.4) is 0 Å². The van der Waals surface area contributed by atoms with Crippen LogP contribution < -0.4 is 5.32 Å². The van der Waals surface area contributed by atoms with Gasteiger partial charge in [-0.3, -0.25) is 0 Å². The Morgan fingerprint density at radius 1 is 1.25 bits per heavy atom. The molecule has 0 saturated carbocycles. The number of aromatic carboxylic acids is 1. The van der Waals surface area contributed by atoms with E-state index < -0.39 is 5.97 Å². The average molecular weight is 287 g/mol. The Hall–Kier alpha value is -2.51. The molecule has 100 valence electrons. The highest BCUT2D eigenvalue weighted by atomic mass is 35.5. The van der Waals surface area contributed by atoms with Gasteiger partial charge in [0.25, 0.3) is 0 Å². The van der Waals surface area contributed by atoms with Crippen LogP contribution >= 0.6 is 11.6 Å². The van der Waals surface area contributed by atoms with Gasteiger partial charge in [-0.2, -0.15) is 5.26 Å². The van der Waals surface area contributed by atoms with Crippen molar-refractivity contribution in [1.82, 2.24) is 0 Å². The molecule has 0 aliphatic heterocycles. The second kappa shape index (κ2) is 5.64. The summed E-state index contributed by atoms with van der Waals surface area (Å²) in [5.41, 5.74) is 2.56. The largest absolute Gasteiger partial charge is 0.478 e. The van der Waals surface area contributed by atoms with Crippen molar-refractivity contribution in [3.05, 3.63) is 58.1 Å². The van der Waals surface area contributed by atoms with Crippen LogP contribution in [0.5, 0.6) is 0 Å². The summed E-state index contributed by atoms with van der Waals surface area (Å²) in [5.74, 6) is -1.02. The average Bonchev–Trinajstić information content (AvgIpc) is 2.40. The molecule has 5 heteroatoms. The zero-order valence-corrected chi connectivity index (χ0v) is 11.4. The zero-order chi connectivity index (χ0) is 14.7. The molecule has 0 atom stereocenters. The molecule has 2 N–H and O–H groups in total. The van der Waals surface area contributed by atoms with Gasteiger partial charge in [0.05, 0.1) is 33.6 Å². The number of carboxylic acids is 1. The fourth-order valence-electron chi connectivity index (χ4n) is 1.78. The van der Waals surface area contributed by atoms with Crippen molar-refractivity contribution < 1.29 is 9.90 Å². The topological polar surface area (TPSA) is 73.1 Å². The molecule has 0 aliphatic rings. The van der Waals surface area contributed by atoms with Gasteiger partial charge in [0, 0.05) is 0 Å². The number of aryl methyl sites for hydroxylation is 1. The highest BCUT2D eigenvalue weighted by Crippen LogP contribution is 2.28. The Labute approximate surface area is 121 Å². The van der Waals surface area contributed by atoms with Gasteiger partial charge in [-0.1, -0.05) is 17.7 Å². The minimum Gasteiger partial charge on any atom is -0.478 e. The first kappa shape index (κ1) is 13.9. The standard InChI is InChI=1S/C15H11ClN2O2/c1-9-2-4-11(15(19)20)14(6-9)18-13-5-3-10(8-17)7-12(13)16/h2-7,18H,1H3,(H,19,20). The normalized spacial score (nSPS) is 9.85. The molecule has 0 fully saturated rings. The van der Waals surface area contributed by atoms with E-state index >= 15 is 0 Å². The van der Waals surface area contributed by atoms with Gasteiger partial charge in [-0.25, -0.2) is 4.79 Å². The maximum Gasteiger partial charge on any atom is 0.337 e. The SMILES string of the molecule is Cc1ccc(C(=O)O)c(Nc2ccc(C#N)cc2Cl)c1. The number of hydrogen-bond acceptors (Lipinski definition) is 3. The lowest BCUT2D eigenvalue weighted by Gasteiger charge is -2.12. The Morgan fingerprint density at radius 2 is 2.00 bits per heavy atom. The molecule has 2 aromatic carbocycles. The van der Waals surface area contributed by atoms with E-state index in [0.29, 0.717) is 22.0 Å². The molecular formula is C15H11ClN2O2. The fourth-order valence-corrected chi connectivity index (χ4v) is 2.01. The molecule has 0 spiro atoms. The van der Waals surface area contributed by atoms with Crippen LogP contribution in [0.1, 0.15) is 21.5 Å². The van der Waals surface area contributed by atoms with E-state index in [1.165, 1.54) is 12.1 Å². The van der Waals surface area contributed by atoms with E-state index in [-0.39, 0.29) is 5.56 Å². The molecule has 0 amide bonds. The predicted molar refractivity (Wildman–Crippen MR) is 77.6 cm³/mol. The number of benzene rings is 2. The van der Waals surface area contributed by atoms with Gasteiger partial charge in [-0.05, 0) is 42.8 Å². The molecule has 2 rings (SSSR count). The lowest BCUT2D eigenvalue weighted by molar-refractivity contribution is 0.0698. The van der Waals surface area contributed by atoms with E-state index in [1.54, 1.807) is 24.3 Å². The van der Waals surface area contributed by atoms with E-state index in [4.69, 9.17) is 22.0 Å². The molecule has 0 heterocycles. The summed E-state index contributed by atoms with van der Waals surface area (Å²) in [7, 11) is 0. The summed E-state index contributed by atoms with van der Waals surface area (Å²) in [6.45, 7) is 1.87. The van der Waals surface area contributed by atoms with Gasteiger partial charge in [0.15, 0.2) is 0 Å². The first-order chi connectivity index (χ1) is 9.51. The molecule has 2 aromatic rings. The highest BCUT2D eigenvalue weighted by molar-refractivity contribution is 6.33. The third-order valence-electron chi connectivity index (χ3n) is 2.77. The number of hydrogen-bond donors (Lipinski definition) is 2. The summed E-state index contributed by atoms with van der Waals surface area (Å²) in [6, 6.07) is 11.8. The smallest absolute Gasteiger partial charge is 0.337 e. The van der Waals surface area contributed by atoms with Crippen molar-refractivity contribution in [2.75, 3.05) is 5.32 Å². The van der Waals surface area contributed by atoms with E-state index in [0.717, 1.165) is 5.56 Å². The van der Waals surface area contributed by atoms with Gasteiger partial charge in [-0.15, -0.1) is 0 Å². The van der Waals surface area contributed by atoms with Crippen LogP contribution in [0.15, 0.2) is 36.4 Å². The molecule has 0 aliphatic carbocycles. The van der Waals surface area contributed by atoms with Crippen LogP contribution in [0.4, 0.5) is 11.4 Å². The monoisotopic (exact) mass is 286 g/mol. The second-order valence-electron chi connectivity index (χ2n) is 4.29. The first-order valence-electron chi connectivity index (χ1n) is 5.82. The number of carbonyl (C=O) groups is 1. The van der Waals surface area contributed by atoms with Crippen molar-refractivity contribution in [3.8, 4) is 6.07 Å². The molecule has 20 heavy (non-hydrogen) atoms. The van der Waals surface area contributed by atoms with Crippen LogP contribution in [-0.4, -0.2) is 11.1 Å². The summed E-state index contributed by atoms with van der Waals surface area (Å²) >= 11 is 6.07. The molecule has 0 bridgehead atoms. The third kappa shape index (κ3) is 2.90.